The first kappa shape index (κ1) is 12.6. The van der Waals surface area contributed by atoms with Crippen molar-refractivity contribution in [2.45, 2.75) is 65.0 Å². The van der Waals surface area contributed by atoms with Crippen molar-refractivity contribution >= 4 is 0 Å². The van der Waals surface area contributed by atoms with Crippen LogP contribution in [0, 0.1) is 5.92 Å². The molecule has 1 fully saturated rings. The third-order valence-corrected chi connectivity index (χ3v) is 3.83. The normalized spacial score (nSPS) is 25.1. The minimum atomic E-state index is -0.00385. The molecule has 0 radical (unpaired) electrons. The molecule has 0 spiro atoms. The number of hydrogen-bond donors (Lipinski definition) is 1. The monoisotopic (exact) mass is 237 g/mol. The molecule has 1 aliphatic carbocycles. The molecule has 96 valence electrons. The summed E-state index contributed by atoms with van der Waals surface area (Å²) >= 11 is 0. The highest BCUT2D eigenvalue weighted by Gasteiger charge is 2.25. The van der Waals surface area contributed by atoms with Gasteiger partial charge in [-0.05, 0) is 25.2 Å². The molecular weight excluding hydrogens is 214 g/mol. The van der Waals surface area contributed by atoms with E-state index in [4.69, 9.17) is 0 Å². The Labute approximate surface area is 103 Å². The number of aliphatic hydroxyl groups is 1. The lowest BCUT2D eigenvalue weighted by Crippen LogP contribution is -2.16. The Hall–Kier alpha value is -0.900. The van der Waals surface area contributed by atoms with Gasteiger partial charge in [0, 0.05) is 12.5 Å². The van der Waals surface area contributed by atoms with E-state index in [0.29, 0.717) is 5.92 Å². The molecule has 1 saturated carbocycles. The first-order valence-electron chi connectivity index (χ1n) is 6.79. The maximum absolute atomic E-state index is 9.28. The minimum absolute atomic E-state index is 0.00385. The fraction of sp³-hybridized carbons (Fsp3) is 0.846. The predicted molar refractivity (Wildman–Crippen MR) is 66.6 cm³/mol. The molecular formula is C13H23N3O. The summed E-state index contributed by atoms with van der Waals surface area (Å²) in [6, 6.07) is 0. The molecule has 4 nitrogen and oxygen atoms in total. The van der Waals surface area contributed by atoms with Crippen LogP contribution in [0.5, 0.6) is 0 Å². The van der Waals surface area contributed by atoms with Crippen molar-refractivity contribution in [3.05, 3.63) is 11.6 Å². The number of nitrogens with zero attached hydrogens (tertiary/aromatic N) is 3. The van der Waals surface area contributed by atoms with Crippen LogP contribution in [0.3, 0.4) is 0 Å². The summed E-state index contributed by atoms with van der Waals surface area (Å²) in [5, 5.41) is 17.7. The van der Waals surface area contributed by atoms with Gasteiger partial charge < -0.3 is 9.67 Å². The molecule has 4 heteroatoms. The number of aliphatic hydroxyl groups excluding tert-OH is 1. The highest BCUT2D eigenvalue weighted by atomic mass is 16.3. The molecule has 17 heavy (non-hydrogen) atoms. The van der Waals surface area contributed by atoms with Gasteiger partial charge >= 0.3 is 0 Å². The van der Waals surface area contributed by atoms with E-state index in [2.05, 4.69) is 28.6 Å². The average molecular weight is 237 g/mol. The van der Waals surface area contributed by atoms with Crippen molar-refractivity contribution < 1.29 is 5.11 Å². The second-order valence-corrected chi connectivity index (χ2v) is 5.24. The lowest BCUT2D eigenvalue weighted by Gasteiger charge is -2.25. The molecule has 1 aliphatic rings. The Kier molecular flexibility index (Phi) is 4.15. The first-order chi connectivity index (χ1) is 8.26. The van der Waals surface area contributed by atoms with Crippen LogP contribution in [0.15, 0.2) is 0 Å². The molecule has 0 aliphatic heterocycles. The van der Waals surface area contributed by atoms with Crippen molar-refractivity contribution in [1.82, 2.24) is 14.8 Å². The molecule has 0 amide bonds. The van der Waals surface area contributed by atoms with Crippen molar-refractivity contribution in [1.29, 1.82) is 0 Å². The Morgan fingerprint density at radius 3 is 2.53 bits per heavy atom. The second kappa shape index (κ2) is 5.63. The zero-order valence-electron chi connectivity index (χ0n) is 10.9. The Bertz CT molecular complexity index is 354. The molecule has 1 heterocycles. The van der Waals surface area contributed by atoms with Gasteiger partial charge in [-0.3, -0.25) is 0 Å². The summed E-state index contributed by atoms with van der Waals surface area (Å²) in [6.45, 7) is 5.39. The predicted octanol–water partition coefficient (Wildman–Crippen LogP) is 2.47. The molecule has 2 rings (SSSR count). The average Bonchev–Trinajstić information content (AvgIpc) is 2.74. The van der Waals surface area contributed by atoms with Crippen molar-refractivity contribution in [3.8, 4) is 0 Å². The van der Waals surface area contributed by atoms with Gasteiger partial charge in [-0.15, -0.1) is 10.2 Å². The molecule has 0 bridgehead atoms. The van der Waals surface area contributed by atoms with Crippen molar-refractivity contribution in [2.75, 3.05) is 0 Å². The highest BCUT2D eigenvalue weighted by Crippen LogP contribution is 2.34. The number of hydrogen-bond acceptors (Lipinski definition) is 3. The molecule has 0 unspecified atom stereocenters. The summed E-state index contributed by atoms with van der Waals surface area (Å²) in [6.07, 6.45) is 6.07. The zero-order valence-corrected chi connectivity index (χ0v) is 10.9. The molecule has 0 aromatic carbocycles. The Morgan fingerprint density at radius 2 is 1.94 bits per heavy atom. The Morgan fingerprint density at radius 1 is 1.24 bits per heavy atom. The van der Waals surface area contributed by atoms with Gasteiger partial charge in [0.15, 0.2) is 5.82 Å². The van der Waals surface area contributed by atoms with Crippen LogP contribution in [-0.4, -0.2) is 19.9 Å². The highest BCUT2D eigenvalue weighted by molar-refractivity contribution is 5.03. The molecule has 1 N–H and O–H groups in total. The summed E-state index contributed by atoms with van der Waals surface area (Å²) in [7, 11) is 0. The second-order valence-electron chi connectivity index (χ2n) is 5.24. The molecule has 0 atom stereocenters. The summed E-state index contributed by atoms with van der Waals surface area (Å²) < 4.78 is 2.13. The molecule has 1 aromatic rings. The maximum Gasteiger partial charge on any atom is 0.158 e. The maximum atomic E-state index is 9.28. The van der Waals surface area contributed by atoms with Crippen LogP contribution in [0.4, 0.5) is 0 Å². The van der Waals surface area contributed by atoms with E-state index in [-0.39, 0.29) is 6.61 Å². The third-order valence-electron chi connectivity index (χ3n) is 3.83. The Balaban J connectivity index is 2.16. The summed E-state index contributed by atoms with van der Waals surface area (Å²) in [4.78, 5) is 0. The fourth-order valence-corrected chi connectivity index (χ4v) is 2.75. The lowest BCUT2D eigenvalue weighted by atomic mass is 9.82. The lowest BCUT2D eigenvalue weighted by molar-refractivity contribution is 0.262. The first-order valence-corrected chi connectivity index (χ1v) is 6.79. The standard InChI is InChI=1S/C13H23N3O/c1-3-8-16-12(9-17)14-15-13(16)11-6-4-10(2)5-7-11/h10-11,17H,3-9H2,1-2H3. The van der Waals surface area contributed by atoms with Gasteiger partial charge in [-0.2, -0.15) is 0 Å². The minimum Gasteiger partial charge on any atom is -0.388 e. The van der Waals surface area contributed by atoms with Gasteiger partial charge in [0.05, 0.1) is 0 Å². The van der Waals surface area contributed by atoms with Gasteiger partial charge in [0.25, 0.3) is 0 Å². The summed E-state index contributed by atoms with van der Waals surface area (Å²) in [5.41, 5.74) is 0. The number of rotatable bonds is 4. The smallest absolute Gasteiger partial charge is 0.158 e. The number of aromatic nitrogens is 3. The van der Waals surface area contributed by atoms with Crippen molar-refractivity contribution in [3.63, 3.8) is 0 Å². The molecule has 0 saturated heterocycles. The van der Waals surface area contributed by atoms with E-state index >= 15 is 0 Å². The fourth-order valence-electron chi connectivity index (χ4n) is 2.75. The van der Waals surface area contributed by atoms with Crippen LogP contribution >= 0.6 is 0 Å². The van der Waals surface area contributed by atoms with Crippen molar-refractivity contribution in [2.24, 2.45) is 5.92 Å². The van der Waals surface area contributed by atoms with Gasteiger partial charge in [0.1, 0.15) is 12.4 Å². The topological polar surface area (TPSA) is 50.9 Å². The largest absolute Gasteiger partial charge is 0.388 e. The van der Waals surface area contributed by atoms with Gasteiger partial charge in [-0.1, -0.05) is 26.7 Å². The van der Waals surface area contributed by atoms with E-state index in [1.807, 2.05) is 0 Å². The van der Waals surface area contributed by atoms with Gasteiger partial charge in [0.2, 0.25) is 0 Å². The van der Waals surface area contributed by atoms with Crippen LogP contribution in [0.1, 0.15) is 63.5 Å². The van der Waals surface area contributed by atoms with E-state index in [9.17, 15) is 5.11 Å². The SMILES string of the molecule is CCCn1c(CO)nnc1C1CCC(C)CC1. The van der Waals surface area contributed by atoms with Crippen LogP contribution in [0.2, 0.25) is 0 Å². The zero-order chi connectivity index (χ0) is 12.3. The third kappa shape index (κ3) is 2.68. The van der Waals surface area contributed by atoms with E-state index < -0.39 is 0 Å². The van der Waals surface area contributed by atoms with Crippen LogP contribution in [-0.2, 0) is 13.2 Å². The van der Waals surface area contributed by atoms with Crippen LogP contribution in [0.25, 0.3) is 0 Å². The quantitative estimate of drug-likeness (QED) is 0.875. The van der Waals surface area contributed by atoms with Gasteiger partial charge in [-0.25, -0.2) is 0 Å². The van der Waals surface area contributed by atoms with E-state index in [1.54, 1.807) is 0 Å². The van der Waals surface area contributed by atoms with E-state index in [1.165, 1.54) is 25.7 Å². The van der Waals surface area contributed by atoms with Crippen LogP contribution < -0.4 is 0 Å². The van der Waals surface area contributed by atoms with E-state index in [0.717, 1.165) is 30.5 Å². The molecule has 1 aromatic heterocycles. The summed E-state index contributed by atoms with van der Waals surface area (Å²) in [5.74, 6) is 3.22.